The Morgan fingerprint density at radius 3 is 2.88 bits per heavy atom. The van der Waals surface area contributed by atoms with Crippen molar-refractivity contribution < 1.29 is 9.53 Å². The van der Waals surface area contributed by atoms with Crippen molar-refractivity contribution in [3.8, 4) is 0 Å². The summed E-state index contributed by atoms with van der Waals surface area (Å²) < 4.78 is 7.60. The molecule has 1 N–H and O–H groups in total. The number of fused-ring (bicyclic) bond motifs is 1. The number of benzene rings is 1. The minimum atomic E-state index is 0. The van der Waals surface area contributed by atoms with E-state index >= 15 is 0 Å². The van der Waals surface area contributed by atoms with Crippen LogP contribution in [0.25, 0.3) is 11.0 Å². The van der Waals surface area contributed by atoms with Gasteiger partial charge in [-0.2, -0.15) is 0 Å². The Balaban J connectivity index is 0.00000121. The van der Waals surface area contributed by atoms with Crippen LogP contribution in [0.4, 0.5) is 0 Å². The molecule has 8 heteroatoms. The number of imidazole rings is 1. The molecule has 1 amide bonds. The molecule has 2 aliphatic heterocycles. The fraction of sp³-hybridized carbons (Fsp3) is 0.556. The number of halogens is 2. The van der Waals surface area contributed by atoms with Crippen LogP contribution < -0.4 is 5.32 Å². The number of amides is 1. The Morgan fingerprint density at radius 1 is 1.35 bits per heavy atom. The molecule has 144 valence electrons. The van der Waals surface area contributed by atoms with Gasteiger partial charge < -0.3 is 19.5 Å². The molecule has 0 bridgehead atoms. The average Bonchev–Trinajstić information content (AvgIpc) is 3.21. The van der Waals surface area contributed by atoms with Gasteiger partial charge in [0.15, 0.2) is 0 Å². The minimum Gasteiger partial charge on any atom is -0.378 e. The first-order valence-corrected chi connectivity index (χ1v) is 8.76. The quantitative estimate of drug-likeness (QED) is 0.859. The summed E-state index contributed by atoms with van der Waals surface area (Å²) in [5.41, 5.74) is 2.12. The van der Waals surface area contributed by atoms with E-state index in [0.717, 1.165) is 49.4 Å². The monoisotopic (exact) mass is 400 g/mol. The first-order valence-electron chi connectivity index (χ1n) is 8.76. The first-order chi connectivity index (χ1) is 11.7. The zero-order chi connectivity index (χ0) is 16.5. The SMILES string of the molecule is Cl.Cl.Cn1c(C2CCCN2C(=O)CC2COCCN2)nc2ccccc21. The lowest BCUT2D eigenvalue weighted by Crippen LogP contribution is -2.45. The van der Waals surface area contributed by atoms with Gasteiger partial charge >= 0.3 is 0 Å². The maximum atomic E-state index is 12.8. The average molecular weight is 401 g/mol. The van der Waals surface area contributed by atoms with Crippen LogP contribution in [-0.4, -0.2) is 52.7 Å². The largest absolute Gasteiger partial charge is 0.378 e. The second-order valence-electron chi connectivity index (χ2n) is 6.69. The molecule has 1 aromatic carbocycles. The van der Waals surface area contributed by atoms with Crippen molar-refractivity contribution in [2.75, 3.05) is 26.3 Å². The molecule has 2 aliphatic rings. The Bertz CT molecular complexity index is 746. The highest BCUT2D eigenvalue weighted by atomic mass is 35.5. The molecule has 3 heterocycles. The molecule has 6 nitrogen and oxygen atoms in total. The second-order valence-corrected chi connectivity index (χ2v) is 6.69. The van der Waals surface area contributed by atoms with E-state index < -0.39 is 0 Å². The Hall–Kier alpha value is -1.34. The van der Waals surface area contributed by atoms with E-state index in [1.165, 1.54) is 0 Å². The number of carbonyl (C=O) groups excluding carboxylic acids is 1. The summed E-state index contributed by atoms with van der Waals surface area (Å²) in [6.07, 6.45) is 2.52. The number of morpholine rings is 1. The van der Waals surface area contributed by atoms with Crippen molar-refractivity contribution in [3.63, 3.8) is 0 Å². The topological polar surface area (TPSA) is 59.4 Å². The number of hydrogen-bond acceptors (Lipinski definition) is 4. The van der Waals surface area contributed by atoms with Crippen LogP contribution in [-0.2, 0) is 16.6 Å². The van der Waals surface area contributed by atoms with Crippen molar-refractivity contribution in [2.24, 2.45) is 7.05 Å². The number of nitrogens with one attached hydrogen (secondary N) is 1. The van der Waals surface area contributed by atoms with Crippen molar-refractivity contribution in [3.05, 3.63) is 30.1 Å². The number of para-hydroxylation sites is 2. The van der Waals surface area contributed by atoms with Gasteiger partial charge in [0.25, 0.3) is 0 Å². The third-order valence-corrected chi connectivity index (χ3v) is 5.11. The number of likely N-dealkylation sites (tertiary alicyclic amines) is 1. The van der Waals surface area contributed by atoms with Crippen molar-refractivity contribution in [1.29, 1.82) is 0 Å². The van der Waals surface area contributed by atoms with E-state index in [0.29, 0.717) is 13.0 Å². The summed E-state index contributed by atoms with van der Waals surface area (Å²) >= 11 is 0. The van der Waals surface area contributed by atoms with Gasteiger partial charge in [0, 0.05) is 32.6 Å². The molecule has 0 spiro atoms. The maximum absolute atomic E-state index is 12.8. The van der Waals surface area contributed by atoms with Gasteiger partial charge in [-0.1, -0.05) is 12.1 Å². The Morgan fingerprint density at radius 2 is 2.15 bits per heavy atom. The van der Waals surface area contributed by atoms with Gasteiger partial charge in [-0.25, -0.2) is 4.98 Å². The molecule has 0 saturated carbocycles. The van der Waals surface area contributed by atoms with Crippen molar-refractivity contribution in [2.45, 2.75) is 31.3 Å². The minimum absolute atomic E-state index is 0. The first kappa shape index (κ1) is 21.0. The molecule has 2 unspecified atom stereocenters. The zero-order valence-electron chi connectivity index (χ0n) is 14.9. The van der Waals surface area contributed by atoms with E-state index in [4.69, 9.17) is 9.72 Å². The van der Waals surface area contributed by atoms with Crippen LogP contribution in [0.2, 0.25) is 0 Å². The molecule has 0 aliphatic carbocycles. The summed E-state index contributed by atoms with van der Waals surface area (Å²) in [6, 6.07) is 8.36. The highest BCUT2D eigenvalue weighted by molar-refractivity contribution is 5.85. The predicted octanol–water partition coefficient (Wildman–Crippen LogP) is 2.46. The van der Waals surface area contributed by atoms with Crippen LogP contribution in [0.1, 0.15) is 31.1 Å². The predicted molar refractivity (Wildman–Crippen MR) is 106 cm³/mol. The lowest BCUT2D eigenvalue weighted by molar-refractivity contribution is -0.133. The number of hydrogen-bond donors (Lipinski definition) is 1. The van der Waals surface area contributed by atoms with E-state index in [1.807, 2.05) is 30.1 Å². The molecule has 0 radical (unpaired) electrons. The van der Waals surface area contributed by atoms with Gasteiger partial charge in [-0.3, -0.25) is 4.79 Å². The molecule has 4 rings (SSSR count). The van der Waals surface area contributed by atoms with Crippen LogP contribution in [0.3, 0.4) is 0 Å². The van der Waals surface area contributed by atoms with Crippen molar-refractivity contribution >= 4 is 41.8 Å². The van der Waals surface area contributed by atoms with Gasteiger partial charge in [0.1, 0.15) is 5.82 Å². The van der Waals surface area contributed by atoms with Gasteiger partial charge in [0.05, 0.1) is 30.3 Å². The molecular formula is C18H26Cl2N4O2. The number of carbonyl (C=O) groups is 1. The number of nitrogens with zero attached hydrogens (tertiary/aromatic N) is 3. The van der Waals surface area contributed by atoms with Crippen molar-refractivity contribution in [1.82, 2.24) is 19.8 Å². The van der Waals surface area contributed by atoms with E-state index in [2.05, 4.69) is 16.0 Å². The number of ether oxygens (including phenoxy) is 1. The number of aromatic nitrogens is 2. The molecule has 2 atom stereocenters. The smallest absolute Gasteiger partial charge is 0.224 e. The molecule has 1 aromatic heterocycles. The molecule has 2 aromatic rings. The molecule has 2 fully saturated rings. The third kappa shape index (κ3) is 3.98. The van der Waals surface area contributed by atoms with Crippen LogP contribution in [0, 0.1) is 0 Å². The summed E-state index contributed by atoms with van der Waals surface area (Å²) in [5, 5.41) is 3.37. The van der Waals surface area contributed by atoms with Crippen LogP contribution in [0.15, 0.2) is 24.3 Å². The summed E-state index contributed by atoms with van der Waals surface area (Å²) in [5.74, 6) is 1.20. The number of rotatable bonds is 3. The fourth-order valence-corrected chi connectivity index (χ4v) is 3.87. The summed E-state index contributed by atoms with van der Waals surface area (Å²) in [6.45, 7) is 3.00. The van der Waals surface area contributed by atoms with Gasteiger partial charge in [-0.05, 0) is 25.0 Å². The molecule has 26 heavy (non-hydrogen) atoms. The normalized spacial score (nSPS) is 22.7. The standard InChI is InChI=1S/C18H24N4O2.2ClH/c1-21-15-6-3-2-5-14(15)20-18(21)16-7-4-9-22(16)17(23)11-13-12-24-10-8-19-13;;/h2-3,5-6,13,16,19H,4,7-12H2,1H3;2*1H. The van der Waals surface area contributed by atoms with Gasteiger partial charge in [-0.15, -0.1) is 24.8 Å². The number of aryl methyl sites for hydroxylation is 1. The molecule has 2 saturated heterocycles. The van der Waals surface area contributed by atoms with E-state index in [-0.39, 0.29) is 42.8 Å². The highest BCUT2D eigenvalue weighted by Gasteiger charge is 2.34. The van der Waals surface area contributed by atoms with Crippen LogP contribution >= 0.6 is 24.8 Å². The Kier molecular flexibility index (Phi) is 7.29. The lowest BCUT2D eigenvalue weighted by atomic mass is 10.1. The summed E-state index contributed by atoms with van der Waals surface area (Å²) in [4.78, 5) is 19.6. The lowest BCUT2D eigenvalue weighted by Gasteiger charge is -2.28. The maximum Gasteiger partial charge on any atom is 0.224 e. The Labute approximate surface area is 166 Å². The van der Waals surface area contributed by atoms with E-state index in [1.54, 1.807) is 0 Å². The van der Waals surface area contributed by atoms with Gasteiger partial charge in [0.2, 0.25) is 5.91 Å². The van der Waals surface area contributed by atoms with Crippen LogP contribution in [0.5, 0.6) is 0 Å². The van der Waals surface area contributed by atoms with E-state index in [9.17, 15) is 4.79 Å². The molecular weight excluding hydrogens is 375 g/mol. The third-order valence-electron chi connectivity index (χ3n) is 5.11. The fourth-order valence-electron chi connectivity index (χ4n) is 3.87. The highest BCUT2D eigenvalue weighted by Crippen LogP contribution is 2.33. The zero-order valence-corrected chi connectivity index (χ0v) is 16.5. The summed E-state index contributed by atoms with van der Waals surface area (Å²) in [7, 11) is 2.04. The second kappa shape index (κ2) is 9.04.